The van der Waals surface area contributed by atoms with Crippen molar-refractivity contribution in [3.05, 3.63) is 39.3 Å². The van der Waals surface area contributed by atoms with E-state index in [4.69, 9.17) is 9.47 Å². The molecule has 2 rings (SSSR count). The van der Waals surface area contributed by atoms with Gasteiger partial charge in [0.15, 0.2) is 6.61 Å². The van der Waals surface area contributed by atoms with Gasteiger partial charge in [-0.15, -0.1) is 0 Å². The van der Waals surface area contributed by atoms with Crippen LogP contribution in [-0.4, -0.2) is 30.8 Å². The average molecular weight is 500 g/mol. The van der Waals surface area contributed by atoms with E-state index in [-0.39, 0.29) is 12.6 Å². The van der Waals surface area contributed by atoms with Crippen LogP contribution in [0.15, 0.2) is 44.4 Å². The van der Waals surface area contributed by atoms with Gasteiger partial charge in [0.1, 0.15) is 5.75 Å². The van der Waals surface area contributed by atoms with Crippen LogP contribution in [0.4, 0.5) is 0 Å². The number of rotatable bonds is 7. The van der Waals surface area contributed by atoms with Gasteiger partial charge in [-0.2, -0.15) is 5.10 Å². The highest BCUT2D eigenvalue weighted by molar-refractivity contribution is 9.11. The number of fused-ring (bicyclic) bond motifs is 1. The maximum atomic E-state index is 12.0. The third-order valence-electron chi connectivity index (χ3n) is 3.86. The van der Waals surface area contributed by atoms with Crippen molar-refractivity contribution in [2.24, 2.45) is 11.0 Å². The number of benzene rings is 2. The quantitative estimate of drug-likeness (QED) is 0.347. The van der Waals surface area contributed by atoms with E-state index in [1.54, 1.807) is 26.8 Å². The van der Waals surface area contributed by atoms with Crippen LogP contribution < -0.4 is 10.2 Å². The van der Waals surface area contributed by atoms with Gasteiger partial charge in [-0.25, -0.2) is 5.43 Å². The maximum absolute atomic E-state index is 12.0. The number of hydrogen-bond acceptors (Lipinski definition) is 5. The molecule has 0 radical (unpaired) electrons. The fraction of sp³-hybridized carbons (Fsp3) is 0.316. The molecule has 0 saturated carbocycles. The zero-order valence-electron chi connectivity index (χ0n) is 15.2. The molecule has 27 heavy (non-hydrogen) atoms. The van der Waals surface area contributed by atoms with Crippen LogP contribution in [0, 0.1) is 5.92 Å². The minimum atomic E-state index is -0.528. The van der Waals surface area contributed by atoms with Crippen LogP contribution in [0.5, 0.6) is 5.75 Å². The highest BCUT2D eigenvalue weighted by atomic mass is 79.9. The molecule has 144 valence electrons. The number of nitrogens with zero attached hydrogens (tertiary/aromatic N) is 1. The Morgan fingerprint density at radius 1 is 1.22 bits per heavy atom. The molecule has 0 aliphatic carbocycles. The van der Waals surface area contributed by atoms with Crippen molar-refractivity contribution < 1.29 is 19.1 Å². The molecule has 0 spiro atoms. The van der Waals surface area contributed by atoms with Gasteiger partial charge in [0.25, 0.3) is 5.91 Å². The lowest BCUT2D eigenvalue weighted by Crippen LogP contribution is -2.28. The van der Waals surface area contributed by atoms with E-state index in [0.717, 1.165) is 19.7 Å². The van der Waals surface area contributed by atoms with Gasteiger partial charge in [-0.1, -0.05) is 28.1 Å². The summed E-state index contributed by atoms with van der Waals surface area (Å²) in [6.07, 6.45) is 0. The smallest absolute Gasteiger partial charge is 0.314 e. The van der Waals surface area contributed by atoms with Crippen molar-refractivity contribution in [1.82, 2.24) is 5.43 Å². The van der Waals surface area contributed by atoms with Crippen molar-refractivity contribution in [1.29, 1.82) is 0 Å². The van der Waals surface area contributed by atoms with E-state index >= 15 is 0 Å². The molecule has 2 aromatic carbocycles. The Hall–Kier alpha value is -1.93. The summed E-state index contributed by atoms with van der Waals surface area (Å²) in [4.78, 5) is 23.6. The lowest BCUT2D eigenvalue weighted by atomic mass is 10.1. The van der Waals surface area contributed by atoms with Crippen molar-refractivity contribution in [3.8, 4) is 5.75 Å². The average Bonchev–Trinajstić information content (AvgIpc) is 2.65. The molecule has 0 aliphatic rings. The van der Waals surface area contributed by atoms with Crippen LogP contribution in [0.1, 0.15) is 20.8 Å². The molecule has 0 aliphatic heterocycles. The third-order valence-corrected chi connectivity index (χ3v) is 5.17. The first-order valence-corrected chi connectivity index (χ1v) is 9.92. The van der Waals surface area contributed by atoms with Gasteiger partial charge in [0.2, 0.25) is 0 Å². The number of hydrogen-bond donors (Lipinski definition) is 1. The molecule has 0 heterocycles. The van der Waals surface area contributed by atoms with Crippen LogP contribution in [-0.2, 0) is 14.3 Å². The molecular formula is C19H20Br2N2O4. The van der Waals surface area contributed by atoms with Crippen LogP contribution >= 0.6 is 31.9 Å². The summed E-state index contributed by atoms with van der Waals surface area (Å²) in [6, 6.07) is 9.61. The van der Waals surface area contributed by atoms with E-state index in [9.17, 15) is 9.59 Å². The van der Waals surface area contributed by atoms with E-state index in [0.29, 0.717) is 18.1 Å². The predicted molar refractivity (Wildman–Crippen MR) is 112 cm³/mol. The summed E-state index contributed by atoms with van der Waals surface area (Å²) in [7, 11) is 0. The molecule has 1 atom stereocenters. The maximum Gasteiger partial charge on any atom is 0.314 e. The topological polar surface area (TPSA) is 77.0 Å². The molecule has 1 unspecified atom stereocenters. The Balaban J connectivity index is 1.96. The van der Waals surface area contributed by atoms with Gasteiger partial charge in [-0.05, 0) is 65.7 Å². The first-order chi connectivity index (χ1) is 12.8. The Bertz CT molecular complexity index is 883. The molecule has 6 nitrogen and oxygen atoms in total. The summed E-state index contributed by atoms with van der Waals surface area (Å²) in [6.45, 7) is 5.16. The van der Waals surface area contributed by atoms with Gasteiger partial charge < -0.3 is 9.47 Å². The Morgan fingerprint density at radius 2 is 1.96 bits per heavy atom. The van der Waals surface area contributed by atoms with Crippen LogP contribution in [0.3, 0.4) is 0 Å². The number of carbonyl (C=O) groups is 2. The number of carbonyl (C=O) groups excluding carboxylic acids is 2. The monoisotopic (exact) mass is 498 g/mol. The van der Waals surface area contributed by atoms with Gasteiger partial charge in [0, 0.05) is 10.2 Å². The molecule has 0 saturated heterocycles. The van der Waals surface area contributed by atoms with Crippen LogP contribution in [0.2, 0.25) is 0 Å². The highest BCUT2D eigenvalue weighted by Crippen LogP contribution is 2.34. The van der Waals surface area contributed by atoms with Crippen molar-refractivity contribution in [2.45, 2.75) is 20.8 Å². The number of nitrogens with one attached hydrogen (secondary N) is 1. The third kappa shape index (κ3) is 5.77. The Labute approximate surface area is 174 Å². The number of hydrazone groups is 1. The minimum Gasteiger partial charge on any atom is -0.483 e. The number of amides is 1. The van der Waals surface area contributed by atoms with E-state index in [1.165, 1.54) is 0 Å². The lowest BCUT2D eigenvalue weighted by molar-refractivity contribution is -0.145. The van der Waals surface area contributed by atoms with E-state index in [2.05, 4.69) is 42.4 Å². The zero-order valence-corrected chi connectivity index (χ0v) is 18.4. The molecule has 0 bridgehead atoms. The summed E-state index contributed by atoms with van der Waals surface area (Å²) >= 11 is 6.96. The summed E-state index contributed by atoms with van der Waals surface area (Å²) in [5, 5.41) is 5.96. The molecule has 0 fully saturated rings. The predicted octanol–water partition coefficient (Wildman–Crippen LogP) is 4.43. The highest BCUT2D eigenvalue weighted by Gasteiger charge is 2.17. The van der Waals surface area contributed by atoms with Gasteiger partial charge >= 0.3 is 5.97 Å². The van der Waals surface area contributed by atoms with E-state index < -0.39 is 11.8 Å². The van der Waals surface area contributed by atoms with E-state index in [1.807, 2.05) is 24.3 Å². The van der Waals surface area contributed by atoms with Crippen molar-refractivity contribution >= 4 is 60.2 Å². The first kappa shape index (κ1) is 21.4. The van der Waals surface area contributed by atoms with Crippen molar-refractivity contribution in [2.75, 3.05) is 13.2 Å². The molecule has 0 aromatic heterocycles. The Morgan fingerprint density at radius 3 is 2.67 bits per heavy atom. The second kappa shape index (κ2) is 9.85. The molecule has 8 heteroatoms. The lowest BCUT2D eigenvalue weighted by Gasteiger charge is -2.11. The molecule has 1 N–H and O–H groups in total. The van der Waals surface area contributed by atoms with Crippen molar-refractivity contribution in [3.63, 3.8) is 0 Å². The fourth-order valence-corrected chi connectivity index (χ4v) is 3.20. The SMILES string of the molecule is CCOC(=O)C(C)C(C)=NNC(=O)COc1ccc2cc(Br)ccc2c1Br. The summed E-state index contributed by atoms with van der Waals surface area (Å²) < 4.78 is 12.3. The summed E-state index contributed by atoms with van der Waals surface area (Å²) in [5.74, 6) is -0.773. The summed E-state index contributed by atoms with van der Waals surface area (Å²) in [5.41, 5.74) is 2.85. The van der Waals surface area contributed by atoms with Gasteiger partial charge in [-0.3, -0.25) is 9.59 Å². The molecule has 2 aromatic rings. The van der Waals surface area contributed by atoms with Crippen LogP contribution in [0.25, 0.3) is 10.8 Å². The second-order valence-corrected chi connectivity index (χ2v) is 7.50. The Kier molecular flexibility index (Phi) is 7.79. The largest absolute Gasteiger partial charge is 0.483 e. The number of halogens is 2. The minimum absolute atomic E-state index is 0.203. The number of esters is 1. The standard InChI is InChI=1S/C19H20Br2N2O4/c1-4-26-19(25)11(2)12(3)22-23-17(24)10-27-16-8-5-13-9-14(20)6-7-15(13)18(16)21/h5-9,11H,4,10H2,1-3H3,(H,23,24). The fourth-order valence-electron chi connectivity index (χ4n) is 2.21. The second-order valence-electron chi connectivity index (χ2n) is 5.79. The zero-order chi connectivity index (χ0) is 20.0. The number of ether oxygens (including phenoxy) is 2. The molecular weight excluding hydrogens is 480 g/mol. The molecule has 1 amide bonds. The first-order valence-electron chi connectivity index (χ1n) is 8.33. The normalized spacial score (nSPS) is 12.6. The van der Waals surface area contributed by atoms with Gasteiger partial charge in [0.05, 0.1) is 17.0 Å².